The summed E-state index contributed by atoms with van der Waals surface area (Å²) in [6.45, 7) is 7.34. The summed E-state index contributed by atoms with van der Waals surface area (Å²) < 4.78 is 5.24. The number of rotatable bonds is 4. The van der Waals surface area contributed by atoms with Crippen molar-refractivity contribution >= 4 is 5.91 Å². The van der Waals surface area contributed by atoms with Crippen LogP contribution in [0.25, 0.3) is 0 Å². The summed E-state index contributed by atoms with van der Waals surface area (Å²) in [5, 5.41) is 4.01. The highest BCUT2D eigenvalue weighted by atomic mass is 16.5. The van der Waals surface area contributed by atoms with E-state index in [-0.39, 0.29) is 17.2 Å². The lowest BCUT2D eigenvalue weighted by Gasteiger charge is -2.40. The van der Waals surface area contributed by atoms with Crippen LogP contribution >= 0.6 is 0 Å². The van der Waals surface area contributed by atoms with Crippen LogP contribution in [0.3, 0.4) is 0 Å². The molecule has 3 rings (SSSR count). The maximum atomic E-state index is 12.3. The Bertz CT molecular complexity index is 681. The molecule has 122 valence electrons. The summed E-state index contributed by atoms with van der Waals surface area (Å²) in [7, 11) is 0. The van der Waals surface area contributed by atoms with Crippen molar-refractivity contribution in [1.29, 1.82) is 0 Å². The van der Waals surface area contributed by atoms with Gasteiger partial charge in [-0.2, -0.15) is 4.98 Å². The van der Waals surface area contributed by atoms with Gasteiger partial charge in [-0.25, -0.2) is 0 Å². The van der Waals surface area contributed by atoms with Crippen molar-refractivity contribution in [2.24, 2.45) is 0 Å². The van der Waals surface area contributed by atoms with Crippen LogP contribution in [0.15, 0.2) is 34.9 Å². The number of hydrogen-bond donors (Lipinski definition) is 0. The number of likely N-dealkylation sites (tertiary alicyclic amines) is 1. The molecular weight excluding hydrogens is 290 g/mol. The van der Waals surface area contributed by atoms with Crippen molar-refractivity contribution in [1.82, 2.24) is 15.0 Å². The Kier molecular flexibility index (Phi) is 4.20. The molecule has 1 amide bonds. The quantitative estimate of drug-likeness (QED) is 0.869. The first-order chi connectivity index (χ1) is 11.0. The number of hydrogen-bond acceptors (Lipinski definition) is 4. The molecule has 23 heavy (non-hydrogen) atoms. The zero-order valence-corrected chi connectivity index (χ0v) is 14.0. The Morgan fingerprint density at radius 3 is 2.70 bits per heavy atom. The van der Waals surface area contributed by atoms with Crippen molar-refractivity contribution in [2.45, 2.75) is 51.5 Å². The Morgan fingerprint density at radius 2 is 2.04 bits per heavy atom. The van der Waals surface area contributed by atoms with Crippen molar-refractivity contribution < 1.29 is 9.32 Å². The lowest BCUT2D eigenvalue weighted by molar-refractivity contribution is -0.136. The van der Waals surface area contributed by atoms with Crippen LogP contribution in [0.4, 0.5) is 0 Å². The molecule has 0 bridgehead atoms. The summed E-state index contributed by atoms with van der Waals surface area (Å²) in [5.74, 6) is 1.56. The monoisotopic (exact) mass is 313 g/mol. The number of aromatic nitrogens is 2. The lowest BCUT2D eigenvalue weighted by atomic mass is 9.76. The first-order valence-electron chi connectivity index (χ1n) is 8.14. The van der Waals surface area contributed by atoms with Gasteiger partial charge in [0.25, 0.3) is 0 Å². The van der Waals surface area contributed by atoms with Gasteiger partial charge in [0.15, 0.2) is 5.82 Å². The number of amides is 1. The molecule has 1 aromatic heterocycles. The van der Waals surface area contributed by atoms with Crippen LogP contribution < -0.4 is 0 Å². The largest absolute Gasteiger partial charge is 0.339 e. The molecule has 1 atom stereocenters. The van der Waals surface area contributed by atoms with Crippen LogP contribution in [-0.4, -0.2) is 27.5 Å². The fourth-order valence-electron chi connectivity index (χ4n) is 3.09. The van der Waals surface area contributed by atoms with Crippen molar-refractivity contribution in [3.63, 3.8) is 0 Å². The van der Waals surface area contributed by atoms with Gasteiger partial charge < -0.3 is 9.42 Å². The minimum atomic E-state index is -0.0280. The molecule has 1 aromatic carbocycles. The third-order valence-corrected chi connectivity index (χ3v) is 4.56. The zero-order chi connectivity index (χ0) is 16.4. The summed E-state index contributed by atoms with van der Waals surface area (Å²) in [5.41, 5.74) is 1.24. The van der Waals surface area contributed by atoms with Gasteiger partial charge in [0.05, 0.1) is 6.54 Å². The van der Waals surface area contributed by atoms with Gasteiger partial charge >= 0.3 is 0 Å². The normalized spacial score (nSPS) is 21.9. The molecule has 5 nitrogen and oxygen atoms in total. The molecule has 0 N–H and O–H groups in total. The molecule has 5 heteroatoms. The lowest BCUT2D eigenvalue weighted by Crippen LogP contribution is -2.47. The van der Waals surface area contributed by atoms with E-state index in [1.54, 1.807) is 0 Å². The Hall–Kier alpha value is -2.17. The molecule has 0 radical (unpaired) electrons. The summed E-state index contributed by atoms with van der Waals surface area (Å²) in [4.78, 5) is 18.5. The number of nitrogens with zero attached hydrogens (tertiary/aromatic N) is 3. The van der Waals surface area contributed by atoms with Gasteiger partial charge in [0, 0.05) is 24.3 Å². The molecule has 0 saturated carbocycles. The van der Waals surface area contributed by atoms with Crippen LogP contribution in [0.1, 0.15) is 56.8 Å². The predicted molar refractivity (Wildman–Crippen MR) is 86.8 cm³/mol. The summed E-state index contributed by atoms with van der Waals surface area (Å²) >= 11 is 0. The molecule has 1 aliphatic heterocycles. The Balaban J connectivity index is 1.77. The van der Waals surface area contributed by atoms with Crippen LogP contribution in [-0.2, 0) is 16.8 Å². The van der Waals surface area contributed by atoms with Gasteiger partial charge in [-0.1, -0.05) is 56.3 Å². The van der Waals surface area contributed by atoms with E-state index in [1.165, 1.54) is 5.56 Å². The van der Waals surface area contributed by atoms with E-state index >= 15 is 0 Å². The van der Waals surface area contributed by atoms with Gasteiger partial charge in [-0.3, -0.25) is 4.79 Å². The van der Waals surface area contributed by atoms with E-state index in [1.807, 2.05) is 24.8 Å². The minimum absolute atomic E-state index is 0.0280. The van der Waals surface area contributed by atoms with Crippen molar-refractivity contribution in [3.8, 4) is 0 Å². The molecular formula is C18H23N3O2. The van der Waals surface area contributed by atoms with E-state index in [2.05, 4.69) is 41.3 Å². The average Bonchev–Trinajstić information content (AvgIpc) is 3.01. The van der Waals surface area contributed by atoms with Crippen molar-refractivity contribution in [3.05, 3.63) is 47.6 Å². The van der Waals surface area contributed by atoms with E-state index < -0.39 is 0 Å². The molecule has 2 heterocycles. The smallest absolute Gasteiger partial charge is 0.229 e. The first kappa shape index (κ1) is 15.7. The average molecular weight is 313 g/mol. The number of benzene rings is 1. The van der Waals surface area contributed by atoms with Crippen LogP contribution in [0.2, 0.25) is 0 Å². The second-order valence-electron chi connectivity index (χ2n) is 6.88. The molecule has 1 fully saturated rings. The van der Waals surface area contributed by atoms with Gasteiger partial charge in [-0.15, -0.1) is 0 Å². The maximum absolute atomic E-state index is 12.3. The first-order valence-corrected chi connectivity index (χ1v) is 8.14. The van der Waals surface area contributed by atoms with Crippen LogP contribution in [0, 0.1) is 0 Å². The van der Waals surface area contributed by atoms with E-state index in [9.17, 15) is 4.79 Å². The van der Waals surface area contributed by atoms with E-state index in [0.717, 1.165) is 6.42 Å². The van der Waals surface area contributed by atoms with Crippen LogP contribution in [0.5, 0.6) is 0 Å². The summed E-state index contributed by atoms with van der Waals surface area (Å²) in [6.07, 6.45) is 1.43. The molecule has 1 aliphatic rings. The number of piperidine rings is 1. The Labute approximate surface area is 136 Å². The van der Waals surface area contributed by atoms with Gasteiger partial charge in [0.2, 0.25) is 11.8 Å². The topological polar surface area (TPSA) is 59.2 Å². The maximum Gasteiger partial charge on any atom is 0.229 e. The van der Waals surface area contributed by atoms with E-state index in [4.69, 9.17) is 4.52 Å². The predicted octanol–water partition coefficient (Wildman–Crippen LogP) is 3.27. The Morgan fingerprint density at radius 1 is 1.30 bits per heavy atom. The van der Waals surface area contributed by atoms with Gasteiger partial charge in [-0.05, 0) is 12.0 Å². The second kappa shape index (κ2) is 6.14. The SMILES string of the molecule is CC(C)c1nc(CN2CC(C)(c3ccccc3)CCC2=O)no1. The number of carbonyl (C=O) groups excluding carboxylic acids is 1. The zero-order valence-electron chi connectivity index (χ0n) is 14.0. The molecule has 0 spiro atoms. The van der Waals surface area contributed by atoms with Gasteiger partial charge in [0.1, 0.15) is 0 Å². The highest BCUT2D eigenvalue weighted by molar-refractivity contribution is 5.77. The highest BCUT2D eigenvalue weighted by Crippen LogP contribution is 2.34. The highest BCUT2D eigenvalue weighted by Gasteiger charge is 2.36. The minimum Gasteiger partial charge on any atom is -0.339 e. The van der Waals surface area contributed by atoms with Crippen molar-refractivity contribution in [2.75, 3.05) is 6.54 Å². The molecule has 2 aromatic rings. The third-order valence-electron chi connectivity index (χ3n) is 4.56. The second-order valence-corrected chi connectivity index (χ2v) is 6.88. The standard InChI is InChI=1S/C18H23N3O2/c1-13(2)17-19-15(20-23-17)11-21-12-18(3,10-9-16(21)22)14-7-5-4-6-8-14/h4-8,13H,9-12H2,1-3H3. The number of carbonyl (C=O) groups is 1. The molecule has 1 unspecified atom stereocenters. The molecule has 1 saturated heterocycles. The fraction of sp³-hybridized carbons (Fsp3) is 0.500. The summed E-state index contributed by atoms with van der Waals surface area (Å²) in [6, 6.07) is 10.4. The van der Waals surface area contributed by atoms with E-state index in [0.29, 0.717) is 31.2 Å². The molecule has 0 aliphatic carbocycles. The fourth-order valence-corrected chi connectivity index (χ4v) is 3.09. The third kappa shape index (κ3) is 3.28.